The van der Waals surface area contributed by atoms with Gasteiger partial charge in [-0.3, -0.25) is 19.4 Å². The summed E-state index contributed by atoms with van der Waals surface area (Å²) in [5.74, 6) is -1.33. The van der Waals surface area contributed by atoms with Gasteiger partial charge in [0, 0.05) is 34.2 Å². The number of benzene rings is 4. The van der Waals surface area contributed by atoms with Crippen molar-refractivity contribution >= 4 is 40.0 Å². The lowest BCUT2D eigenvalue weighted by Crippen LogP contribution is -2.48. The second kappa shape index (κ2) is 8.92. The van der Waals surface area contributed by atoms with Crippen molar-refractivity contribution in [3.63, 3.8) is 0 Å². The third kappa shape index (κ3) is 3.13. The Morgan fingerprint density at radius 1 is 0.786 bits per heavy atom. The van der Waals surface area contributed by atoms with Gasteiger partial charge >= 0.3 is 0 Å². The lowest BCUT2D eigenvalue weighted by Gasteiger charge is -2.37. The molecule has 42 heavy (non-hydrogen) atoms. The number of carbonyl (C=O) groups excluding carboxylic acids is 3. The molecule has 0 radical (unpaired) electrons. The number of rotatable bonds is 3. The molecule has 1 aliphatic carbocycles. The van der Waals surface area contributed by atoms with Crippen molar-refractivity contribution in [2.24, 2.45) is 5.41 Å². The summed E-state index contributed by atoms with van der Waals surface area (Å²) < 4.78 is 0. The largest absolute Gasteiger partial charge is 0.350 e. The van der Waals surface area contributed by atoms with Crippen LogP contribution in [0.4, 0.5) is 5.69 Å². The normalized spacial score (nSPS) is 21.5. The van der Waals surface area contributed by atoms with Crippen LogP contribution in [-0.2, 0) is 0 Å². The fourth-order valence-corrected chi connectivity index (χ4v) is 7.50. The predicted molar refractivity (Wildman–Crippen MR) is 163 cm³/mol. The van der Waals surface area contributed by atoms with E-state index in [-0.39, 0.29) is 17.3 Å². The van der Waals surface area contributed by atoms with Crippen LogP contribution in [0.25, 0.3) is 17.0 Å². The quantitative estimate of drug-likeness (QED) is 0.183. The minimum Gasteiger partial charge on any atom is -0.350 e. The maximum atomic E-state index is 14.8. The van der Waals surface area contributed by atoms with Crippen LogP contribution in [0.5, 0.6) is 0 Å². The average Bonchev–Trinajstić information content (AvgIpc) is 3.47. The Kier molecular flexibility index (Phi) is 5.23. The molecule has 1 fully saturated rings. The summed E-state index contributed by atoms with van der Waals surface area (Å²) in [5, 5.41) is 0.927. The summed E-state index contributed by atoms with van der Waals surface area (Å²) in [4.78, 5) is 51.2. The Morgan fingerprint density at radius 3 is 2.19 bits per heavy atom. The Bertz CT molecular complexity index is 1940. The van der Waals surface area contributed by atoms with Gasteiger partial charge in [-0.1, -0.05) is 115 Å². The first-order valence-corrected chi connectivity index (χ1v) is 14.2. The molecule has 8 rings (SSSR count). The summed E-state index contributed by atoms with van der Waals surface area (Å²) >= 11 is 0. The van der Waals surface area contributed by atoms with Crippen LogP contribution >= 0.6 is 0 Å². The highest BCUT2D eigenvalue weighted by Gasteiger charge is 2.71. The first kappa shape index (κ1) is 24.6. The van der Waals surface area contributed by atoms with Gasteiger partial charge in [0.05, 0.1) is 17.2 Å². The van der Waals surface area contributed by atoms with Crippen LogP contribution in [0.15, 0.2) is 115 Å². The third-order valence-corrected chi connectivity index (χ3v) is 9.30. The number of nitrogens with zero attached hydrogens (tertiary/aromatic N) is 2. The van der Waals surface area contributed by atoms with Crippen molar-refractivity contribution in [1.82, 2.24) is 4.98 Å². The highest BCUT2D eigenvalue weighted by atomic mass is 16.2. The van der Waals surface area contributed by atoms with Crippen molar-refractivity contribution in [2.45, 2.75) is 24.9 Å². The fraction of sp³-hybridized carbons (Fsp3) is 0.135. The topological polar surface area (TPSA) is 67.3 Å². The number of anilines is 1. The van der Waals surface area contributed by atoms with Gasteiger partial charge in [0.25, 0.3) is 0 Å². The zero-order valence-electron chi connectivity index (χ0n) is 22.9. The molecule has 0 unspecified atom stereocenters. The van der Waals surface area contributed by atoms with Crippen LogP contribution < -0.4 is 4.90 Å². The maximum absolute atomic E-state index is 14.8. The number of aryl methyl sites for hydroxylation is 1. The molecule has 5 aromatic rings. The highest BCUT2D eigenvalue weighted by molar-refractivity contribution is 6.32. The van der Waals surface area contributed by atoms with Crippen molar-refractivity contribution < 1.29 is 14.4 Å². The Balaban J connectivity index is 1.48. The molecule has 1 spiro atoms. The Labute approximate surface area is 243 Å². The number of hydrogen-bond donors (Lipinski definition) is 0. The third-order valence-electron chi connectivity index (χ3n) is 9.30. The van der Waals surface area contributed by atoms with Gasteiger partial charge in [0.15, 0.2) is 17.3 Å². The second-order valence-electron chi connectivity index (χ2n) is 11.4. The van der Waals surface area contributed by atoms with E-state index < -0.39 is 23.4 Å². The summed E-state index contributed by atoms with van der Waals surface area (Å²) in [5.41, 5.74) is 4.12. The van der Waals surface area contributed by atoms with Crippen LogP contribution in [0.1, 0.15) is 53.7 Å². The van der Waals surface area contributed by atoms with Crippen LogP contribution in [0.3, 0.4) is 0 Å². The number of ketones is 3. The Morgan fingerprint density at radius 2 is 1.48 bits per heavy atom. The second-order valence-corrected chi connectivity index (χ2v) is 11.4. The number of pyridine rings is 1. The molecule has 5 nitrogen and oxygen atoms in total. The van der Waals surface area contributed by atoms with Crippen LogP contribution in [0, 0.1) is 12.3 Å². The molecule has 0 bridgehead atoms. The number of fused-ring (bicyclic) bond motifs is 7. The van der Waals surface area contributed by atoms with E-state index in [0.717, 1.165) is 33.3 Å². The first-order chi connectivity index (χ1) is 20.5. The zero-order valence-corrected chi connectivity index (χ0v) is 22.9. The van der Waals surface area contributed by atoms with Gasteiger partial charge in [-0.25, -0.2) is 0 Å². The van der Waals surface area contributed by atoms with Gasteiger partial charge in [-0.05, 0) is 24.1 Å². The van der Waals surface area contributed by atoms with Crippen LogP contribution in [-0.4, -0.2) is 34.4 Å². The van der Waals surface area contributed by atoms with Crippen molar-refractivity contribution in [3.8, 4) is 0 Å². The highest BCUT2D eigenvalue weighted by Crippen LogP contribution is 2.61. The molecule has 0 amide bonds. The summed E-state index contributed by atoms with van der Waals surface area (Å²) in [6.45, 7) is 2.00. The summed E-state index contributed by atoms with van der Waals surface area (Å²) in [7, 11) is 0. The van der Waals surface area contributed by atoms with Gasteiger partial charge in [0.2, 0.25) is 0 Å². The predicted octanol–water partition coefficient (Wildman–Crippen LogP) is 6.86. The van der Waals surface area contributed by atoms with Gasteiger partial charge in [-0.15, -0.1) is 0 Å². The minimum absolute atomic E-state index is 0.131. The minimum atomic E-state index is -1.53. The number of hydrogen-bond acceptors (Lipinski definition) is 5. The zero-order chi connectivity index (χ0) is 28.6. The molecule has 3 heterocycles. The lowest BCUT2D eigenvalue weighted by atomic mass is 9.64. The number of carbonyl (C=O) groups is 3. The van der Waals surface area contributed by atoms with Crippen molar-refractivity contribution in [1.29, 1.82) is 0 Å². The van der Waals surface area contributed by atoms with Crippen molar-refractivity contribution in [3.05, 3.63) is 149 Å². The van der Waals surface area contributed by atoms with Gasteiger partial charge in [0.1, 0.15) is 11.5 Å². The van der Waals surface area contributed by atoms with E-state index in [9.17, 15) is 14.4 Å². The monoisotopic (exact) mass is 546 g/mol. The number of Topliss-reactive ketones (excluding diaryl/α,β-unsaturated/α-hetero) is 3. The molecule has 1 aromatic heterocycles. The molecule has 4 aromatic carbocycles. The smallest absolute Gasteiger partial charge is 0.185 e. The van der Waals surface area contributed by atoms with Gasteiger partial charge < -0.3 is 4.90 Å². The van der Waals surface area contributed by atoms with E-state index in [4.69, 9.17) is 4.98 Å². The fourth-order valence-electron chi connectivity index (χ4n) is 7.50. The molecule has 0 saturated carbocycles. The van der Waals surface area contributed by atoms with Gasteiger partial charge in [-0.2, -0.15) is 0 Å². The molecular weight excluding hydrogens is 520 g/mol. The van der Waals surface area contributed by atoms with E-state index in [1.54, 1.807) is 30.5 Å². The van der Waals surface area contributed by atoms with E-state index >= 15 is 0 Å². The molecule has 202 valence electrons. The van der Waals surface area contributed by atoms with Crippen molar-refractivity contribution in [2.75, 3.05) is 4.90 Å². The lowest BCUT2D eigenvalue weighted by molar-refractivity contribution is 0.0666. The first-order valence-electron chi connectivity index (χ1n) is 14.2. The molecule has 3 atom stereocenters. The molecule has 1 saturated heterocycles. The number of aromatic nitrogens is 1. The average molecular weight is 547 g/mol. The Hall–Kier alpha value is -5.16. The summed E-state index contributed by atoms with van der Waals surface area (Å²) in [6.07, 6.45) is 5.69. The van der Waals surface area contributed by atoms with E-state index in [2.05, 4.69) is 0 Å². The molecular formula is C37H26N2O3. The maximum Gasteiger partial charge on any atom is 0.185 e. The molecule has 0 N–H and O–H groups in total. The SMILES string of the molecule is Cc1ccc([C@H]2[C@H](C(=O)c3ccccc3)N3c4c(ccc5cccnc45)C=C[C@H]3C23C(=O)c2ccccc2C3=O)cc1. The van der Waals surface area contributed by atoms with E-state index in [1.165, 1.54) is 0 Å². The van der Waals surface area contributed by atoms with E-state index in [0.29, 0.717) is 16.7 Å². The van der Waals surface area contributed by atoms with E-state index in [1.807, 2.05) is 103 Å². The standard InChI is InChI=1S/C37H26N2O3/c1-22-13-15-23(16-14-22)30-33(34(40)26-8-3-2-4-9-26)39-29(37(30)35(41)27-11-5-6-12-28(27)36(37)42)20-19-25-18-17-24-10-7-21-38-31(24)32(25)39/h2-21,29-30,33H,1H3/t29-,30-,33+/m0/s1. The molecule has 2 aliphatic heterocycles. The molecule has 3 aliphatic rings. The van der Waals surface area contributed by atoms with Crippen LogP contribution in [0.2, 0.25) is 0 Å². The molecule has 5 heteroatoms. The summed E-state index contributed by atoms with van der Waals surface area (Å²) in [6, 6.07) is 30.6.